The van der Waals surface area contributed by atoms with Gasteiger partial charge in [0, 0.05) is 13.6 Å². The van der Waals surface area contributed by atoms with Gasteiger partial charge in [-0.05, 0) is 36.2 Å². The van der Waals surface area contributed by atoms with Crippen molar-refractivity contribution in [3.8, 4) is 0 Å². The van der Waals surface area contributed by atoms with Crippen LogP contribution in [0.15, 0.2) is 47.3 Å². The summed E-state index contributed by atoms with van der Waals surface area (Å²) in [6.07, 6.45) is 0.279. The van der Waals surface area contributed by atoms with E-state index in [9.17, 15) is 18.4 Å². The molecule has 2 aromatic carbocycles. The Bertz CT molecular complexity index is 1010. The standard InChI is InChI=1S/C18H15F2N3O2/c1-23-15-7-6-12(19)10-13(15)17(24)16(22-23)18(25)21-9-8-11-4-2-3-5-14(11)20/h2-7,10H,8-9H2,1H3,(H,21,25). The highest BCUT2D eigenvalue weighted by Gasteiger charge is 2.16. The van der Waals surface area contributed by atoms with Gasteiger partial charge in [0.15, 0.2) is 5.69 Å². The Kier molecular flexibility index (Phi) is 4.56. The van der Waals surface area contributed by atoms with E-state index in [4.69, 9.17) is 0 Å². The molecule has 1 aromatic heterocycles. The summed E-state index contributed by atoms with van der Waals surface area (Å²) in [7, 11) is 1.57. The second-order valence-corrected chi connectivity index (χ2v) is 5.56. The molecule has 1 amide bonds. The zero-order valence-corrected chi connectivity index (χ0v) is 13.4. The van der Waals surface area contributed by atoms with Crippen LogP contribution < -0.4 is 10.7 Å². The molecule has 1 heterocycles. The lowest BCUT2D eigenvalue weighted by Crippen LogP contribution is -2.33. The van der Waals surface area contributed by atoms with Gasteiger partial charge in [0.05, 0.1) is 10.9 Å². The van der Waals surface area contributed by atoms with Crippen LogP contribution in [0.5, 0.6) is 0 Å². The summed E-state index contributed by atoms with van der Waals surface area (Å²) >= 11 is 0. The van der Waals surface area contributed by atoms with Gasteiger partial charge >= 0.3 is 0 Å². The van der Waals surface area contributed by atoms with Crippen LogP contribution in [0.1, 0.15) is 16.1 Å². The SMILES string of the molecule is Cn1nc(C(=O)NCCc2ccccc2F)c(=O)c2cc(F)ccc21. The van der Waals surface area contributed by atoms with E-state index in [0.29, 0.717) is 11.1 Å². The summed E-state index contributed by atoms with van der Waals surface area (Å²) in [5, 5.41) is 6.60. The smallest absolute Gasteiger partial charge is 0.275 e. The maximum absolute atomic E-state index is 13.6. The van der Waals surface area contributed by atoms with E-state index >= 15 is 0 Å². The average molecular weight is 343 g/mol. The number of carbonyl (C=O) groups excluding carboxylic acids is 1. The van der Waals surface area contributed by atoms with E-state index in [1.54, 1.807) is 25.2 Å². The third kappa shape index (κ3) is 3.40. The molecule has 0 aliphatic rings. The van der Waals surface area contributed by atoms with E-state index in [0.717, 1.165) is 6.07 Å². The summed E-state index contributed by atoms with van der Waals surface area (Å²) < 4.78 is 28.3. The predicted octanol–water partition coefficient (Wildman–Crippen LogP) is 2.18. The van der Waals surface area contributed by atoms with Gasteiger partial charge in [-0.3, -0.25) is 14.3 Å². The maximum atomic E-state index is 13.6. The van der Waals surface area contributed by atoms with Gasteiger partial charge in [0.25, 0.3) is 5.91 Å². The fourth-order valence-electron chi connectivity index (χ4n) is 2.59. The van der Waals surface area contributed by atoms with Crippen molar-refractivity contribution < 1.29 is 13.6 Å². The number of nitrogens with zero attached hydrogens (tertiary/aromatic N) is 2. The zero-order chi connectivity index (χ0) is 18.0. The number of fused-ring (bicyclic) bond motifs is 1. The van der Waals surface area contributed by atoms with Crippen LogP contribution >= 0.6 is 0 Å². The monoisotopic (exact) mass is 343 g/mol. The first-order valence-corrected chi connectivity index (χ1v) is 7.65. The van der Waals surface area contributed by atoms with Gasteiger partial charge in [0.1, 0.15) is 11.6 Å². The summed E-state index contributed by atoms with van der Waals surface area (Å²) in [4.78, 5) is 24.6. The minimum absolute atomic E-state index is 0.0803. The molecular weight excluding hydrogens is 328 g/mol. The van der Waals surface area contributed by atoms with Gasteiger partial charge in [-0.15, -0.1) is 0 Å². The normalized spacial score (nSPS) is 10.8. The molecule has 5 nitrogen and oxygen atoms in total. The number of amides is 1. The van der Waals surface area contributed by atoms with Gasteiger partial charge in [-0.2, -0.15) is 5.10 Å². The minimum Gasteiger partial charge on any atom is -0.350 e. The highest BCUT2D eigenvalue weighted by Crippen LogP contribution is 2.11. The van der Waals surface area contributed by atoms with Crippen LogP contribution in [0.25, 0.3) is 10.9 Å². The van der Waals surface area contributed by atoms with Crippen molar-refractivity contribution in [1.82, 2.24) is 15.1 Å². The molecule has 0 fully saturated rings. The third-order valence-electron chi connectivity index (χ3n) is 3.87. The molecule has 3 aromatic rings. The van der Waals surface area contributed by atoms with Crippen LogP contribution in [-0.4, -0.2) is 22.2 Å². The van der Waals surface area contributed by atoms with Crippen molar-refractivity contribution in [1.29, 1.82) is 0 Å². The van der Waals surface area contributed by atoms with Gasteiger partial charge in [-0.1, -0.05) is 18.2 Å². The molecule has 0 atom stereocenters. The minimum atomic E-state index is -0.678. The molecule has 0 saturated carbocycles. The average Bonchev–Trinajstić information content (AvgIpc) is 2.59. The number of aromatic nitrogens is 2. The van der Waals surface area contributed by atoms with E-state index in [1.807, 2.05) is 0 Å². The number of nitrogens with one attached hydrogen (secondary N) is 1. The molecule has 0 unspecified atom stereocenters. The Morgan fingerprint density at radius 3 is 2.72 bits per heavy atom. The van der Waals surface area contributed by atoms with Crippen molar-refractivity contribution in [2.45, 2.75) is 6.42 Å². The van der Waals surface area contributed by atoms with E-state index in [-0.39, 0.29) is 29.9 Å². The van der Waals surface area contributed by atoms with Gasteiger partial charge in [-0.25, -0.2) is 8.78 Å². The molecule has 25 heavy (non-hydrogen) atoms. The summed E-state index contributed by atoms with van der Waals surface area (Å²) in [5.74, 6) is -1.60. The van der Waals surface area contributed by atoms with Crippen LogP contribution in [0, 0.1) is 11.6 Å². The molecule has 1 N–H and O–H groups in total. The highest BCUT2D eigenvalue weighted by molar-refractivity contribution is 5.95. The molecule has 0 bridgehead atoms. The molecule has 128 valence electrons. The topological polar surface area (TPSA) is 64.0 Å². The number of hydrogen-bond donors (Lipinski definition) is 1. The fourth-order valence-corrected chi connectivity index (χ4v) is 2.59. The zero-order valence-electron chi connectivity index (χ0n) is 13.4. The second-order valence-electron chi connectivity index (χ2n) is 5.56. The lowest BCUT2D eigenvalue weighted by Gasteiger charge is -2.09. The van der Waals surface area contributed by atoms with Crippen molar-refractivity contribution in [3.63, 3.8) is 0 Å². The number of aryl methyl sites for hydroxylation is 1. The largest absolute Gasteiger partial charge is 0.350 e. The Labute approximate surface area is 141 Å². The Morgan fingerprint density at radius 2 is 1.96 bits per heavy atom. The van der Waals surface area contributed by atoms with Crippen LogP contribution in [0.4, 0.5) is 8.78 Å². The summed E-state index contributed by atoms with van der Waals surface area (Å²) in [6, 6.07) is 9.98. The van der Waals surface area contributed by atoms with Crippen molar-refractivity contribution in [3.05, 3.63) is 75.6 Å². The molecular formula is C18H15F2N3O2. The van der Waals surface area contributed by atoms with Gasteiger partial charge in [0.2, 0.25) is 5.43 Å². The quantitative estimate of drug-likeness (QED) is 0.790. The second kappa shape index (κ2) is 6.80. The molecule has 7 heteroatoms. The molecule has 3 rings (SSSR count). The predicted molar refractivity (Wildman–Crippen MR) is 89.4 cm³/mol. The third-order valence-corrected chi connectivity index (χ3v) is 3.87. The lowest BCUT2D eigenvalue weighted by atomic mass is 10.1. The van der Waals surface area contributed by atoms with Crippen molar-refractivity contribution in [2.24, 2.45) is 7.05 Å². The first-order chi connectivity index (χ1) is 12.0. The van der Waals surface area contributed by atoms with E-state index < -0.39 is 17.2 Å². The Balaban J connectivity index is 1.82. The molecule has 0 aliphatic carbocycles. The fraction of sp³-hybridized carbons (Fsp3) is 0.167. The molecule has 0 spiro atoms. The highest BCUT2D eigenvalue weighted by atomic mass is 19.1. The van der Waals surface area contributed by atoms with Crippen molar-refractivity contribution in [2.75, 3.05) is 6.54 Å². The Hall–Kier alpha value is -3.09. The number of rotatable bonds is 4. The lowest BCUT2D eigenvalue weighted by molar-refractivity contribution is 0.0946. The van der Waals surface area contributed by atoms with Crippen LogP contribution in [0.2, 0.25) is 0 Å². The first-order valence-electron chi connectivity index (χ1n) is 7.65. The van der Waals surface area contributed by atoms with Crippen LogP contribution in [0.3, 0.4) is 0 Å². The number of halogens is 2. The van der Waals surface area contributed by atoms with E-state index in [1.165, 1.54) is 22.9 Å². The summed E-state index contributed by atoms with van der Waals surface area (Å²) in [5.41, 5.74) is -0.0799. The Morgan fingerprint density at radius 1 is 1.20 bits per heavy atom. The number of benzene rings is 2. The number of hydrogen-bond acceptors (Lipinski definition) is 3. The summed E-state index contributed by atoms with van der Waals surface area (Å²) in [6.45, 7) is 0.145. The van der Waals surface area contributed by atoms with Crippen LogP contribution in [-0.2, 0) is 13.5 Å². The van der Waals surface area contributed by atoms with E-state index in [2.05, 4.69) is 10.4 Å². The first kappa shape index (κ1) is 16.8. The number of carbonyl (C=O) groups is 1. The molecule has 0 saturated heterocycles. The molecule has 0 radical (unpaired) electrons. The molecule has 0 aliphatic heterocycles. The van der Waals surface area contributed by atoms with Gasteiger partial charge < -0.3 is 5.32 Å². The maximum Gasteiger partial charge on any atom is 0.275 e. The van der Waals surface area contributed by atoms with Crippen molar-refractivity contribution >= 4 is 16.8 Å².